The summed E-state index contributed by atoms with van der Waals surface area (Å²) < 4.78 is 40.3. The first-order valence-electron chi connectivity index (χ1n) is 5.63. The normalized spacial score (nSPS) is 11.0. The van der Waals surface area contributed by atoms with Gasteiger partial charge in [-0.25, -0.2) is 23.1 Å². The lowest BCUT2D eigenvalue weighted by Crippen LogP contribution is -1.96. The lowest BCUT2D eigenvalue weighted by molar-refractivity contribution is 0.585. The highest BCUT2D eigenvalue weighted by molar-refractivity contribution is 6.34. The fourth-order valence-corrected chi connectivity index (χ4v) is 2.10. The molecule has 0 amide bonds. The smallest absolute Gasteiger partial charge is 0.164 e. The zero-order chi connectivity index (χ0) is 14.3. The van der Waals surface area contributed by atoms with Gasteiger partial charge < -0.3 is 0 Å². The highest BCUT2D eigenvalue weighted by atomic mass is 35.5. The Kier molecular flexibility index (Phi) is 3.06. The molecule has 0 bridgehead atoms. The Morgan fingerprint density at radius 3 is 2.45 bits per heavy atom. The van der Waals surface area contributed by atoms with Crippen LogP contribution >= 0.6 is 11.6 Å². The predicted octanol–water partition coefficient (Wildman–Crippen LogP) is 4.37. The molecule has 0 atom stereocenters. The van der Waals surface area contributed by atoms with Crippen LogP contribution in [-0.4, -0.2) is 9.97 Å². The van der Waals surface area contributed by atoms with E-state index in [9.17, 15) is 13.2 Å². The molecule has 0 spiro atoms. The van der Waals surface area contributed by atoms with Crippen molar-refractivity contribution in [3.63, 3.8) is 0 Å². The molecule has 0 N–H and O–H groups in total. The largest absolute Gasteiger partial charge is 0.225 e. The lowest BCUT2D eigenvalue weighted by Gasteiger charge is -2.06. The van der Waals surface area contributed by atoms with Crippen molar-refractivity contribution in [3.05, 3.63) is 59.0 Å². The lowest BCUT2D eigenvalue weighted by atomic mass is 10.1. The van der Waals surface area contributed by atoms with Gasteiger partial charge in [0.05, 0.1) is 5.56 Å². The second-order valence-corrected chi connectivity index (χ2v) is 4.46. The number of hydrogen-bond donors (Lipinski definition) is 0. The number of halogens is 4. The maximum atomic E-state index is 13.7. The second-order valence-electron chi connectivity index (χ2n) is 4.10. The minimum atomic E-state index is -0.836. The van der Waals surface area contributed by atoms with E-state index in [0.29, 0.717) is 11.5 Å². The molecule has 20 heavy (non-hydrogen) atoms. The van der Waals surface area contributed by atoms with E-state index in [2.05, 4.69) is 9.97 Å². The third-order valence-electron chi connectivity index (χ3n) is 2.80. The van der Waals surface area contributed by atoms with Gasteiger partial charge in [-0.3, -0.25) is 0 Å². The van der Waals surface area contributed by atoms with Crippen LogP contribution in [-0.2, 0) is 0 Å². The SMILES string of the molecule is Fc1ccc(-c2nc(Cl)c3cccc(F)c3n2)c(F)c1. The molecule has 100 valence electrons. The standard InChI is InChI=1S/C14H6ClF3N2/c15-13-9-2-1-3-10(17)12(9)19-14(20-13)8-5-4-7(16)6-11(8)18/h1-6H. The van der Waals surface area contributed by atoms with Crippen LogP contribution in [0.4, 0.5) is 13.2 Å². The van der Waals surface area contributed by atoms with Crippen LogP contribution in [0, 0.1) is 17.5 Å². The maximum Gasteiger partial charge on any atom is 0.164 e. The van der Waals surface area contributed by atoms with E-state index < -0.39 is 17.5 Å². The molecule has 2 aromatic carbocycles. The average molecular weight is 295 g/mol. The van der Waals surface area contributed by atoms with E-state index in [1.54, 1.807) is 6.07 Å². The molecule has 0 aliphatic carbocycles. The molecular formula is C14H6ClF3N2. The van der Waals surface area contributed by atoms with E-state index in [-0.39, 0.29) is 22.1 Å². The maximum absolute atomic E-state index is 13.7. The second kappa shape index (κ2) is 4.76. The number of hydrogen-bond acceptors (Lipinski definition) is 2. The Morgan fingerprint density at radius 1 is 0.900 bits per heavy atom. The number of rotatable bonds is 1. The number of fused-ring (bicyclic) bond motifs is 1. The Morgan fingerprint density at radius 2 is 1.70 bits per heavy atom. The van der Waals surface area contributed by atoms with Crippen molar-refractivity contribution in [2.45, 2.75) is 0 Å². The molecule has 0 saturated heterocycles. The molecule has 6 heteroatoms. The molecule has 0 unspecified atom stereocenters. The molecule has 2 nitrogen and oxygen atoms in total. The summed E-state index contributed by atoms with van der Waals surface area (Å²) in [6.45, 7) is 0. The first kappa shape index (κ1) is 12.9. The monoisotopic (exact) mass is 294 g/mol. The molecule has 3 aromatic rings. The summed E-state index contributed by atoms with van der Waals surface area (Å²) in [5.74, 6) is -2.23. The number of para-hydroxylation sites is 1. The van der Waals surface area contributed by atoms with Crippen LogP contribution in [0.5, 0.6) is 0 Å². The van der Waals surface area contributed by atoms with Gasteiger partial charge in [0, 0.05) is 11.5 Å². The summed E-state index contributed by atoms with van der Waals surface area (Å²) in [4.78, 5) is 7.89. The van der Waals surface area contributed by atoms with Crippen molar-refractivity contribution in [2.75, 3.05) is 0 Å². The predicted molar refractivity (Wildman–Crippen MR) is 69.9 cm³/mol. The van der Waals surface area contributed by atoms with Crippen molar-refractivity contribution in [1.29, 1.82) is 0 Å². The van der Waals surface area contributed by atoms with Gasteiger partial charge in [0.25, 0.3) is 0 Å². The zero-order valence-electron chi connectivity index (χ0n) is 9.87. The fourth-order valence-electron chi connectivity index (χ4n) is 1.87. The summed E-state index contributed by atoms with van der Waals surface area (Å²) in [5.41, 5.74) is -0.0512. The van der Waals surface area contributed by atoms with Crippen molar-refractivity contribution < 1.29 is 13.2 Å². The van der Waals surface area contributed by atoms with Gasteiger partial charge in [-0.2, -0.15) is 0 Å². The molecule has 0 aliphatic heterocycles. The minimum absolute atomic E-state index is 0.00762. The molecule has 3 rings (SSSR count). The van der Waals surface area contributed by atoms with Gasteiger partial charge in [-0.1, -0.05) is 17.7 Å². The molecule has 0 fully saturated rings. The van der Waals surface area contributed by atoms with Gasteiger partial charge >= 0.3 is 0 Å². The van der Waals surface area contributed by atoms with Crippen LogP contribution < -0.4 is 0 Å². The Bertz CT molecular complexity index is 821. The zero-order valence-corrected chi connectivity index (χ0v) is 10.6. The van der Waals surface area contributed by atoms with Crippen LogP contribution in [0.3, 0.4) is 0 Å². The van der Waals surface area contributed by atoms with Crippen molar-refractivity contribution >= 4 is 22.5 Å². The summed E-state index contributed by atoms with van der Waals surface area (Å²) in [6.07, 6.45) is 0. The van der Waals surface area contributed by atoms with Crippen molar-refractivity contribution in [3.8, 4) is 11.4 Å². The van der Waals surface area contributed by atoms with Crippen LogP contribution in [0.15, 0.2) is 36.4 Å². The van der Waals surface area contributed by atoms with E-state index in [4.69, 9.17) is 11.6 Å². The molecule has 0 radical (unpaired) electrons. The highest BCUT2D eigenvalue weighted by Gasteiger charge is 2.14. The summed E-state index contributed by atoms with van der Waals surface area (Å²) in [7, 11) is 0. The molecule has 1 aromatic heterocycles. The van der Waals surface area contributed by atoms with Crippen molar-refractivity contribution in [1.82, 2.24) is 9.97 Å². The van der Waals surface area contributed by atoms with Gasteiger partial charge in [0.1, 0.15) is 28.1 Å². The van der Waals surface area contributed by atoms with E-state index in [1.165, 1.54) is 18.2 Å². The van der Waals surface area contributed by atoms with Crippen LogP contribution in [0.1, 0.15) is 0 Å². The summed E-state index contributed by atoms with van der Waals surface area (Å²) >= 11 is 5.95. The molecule has 1 heterocycles. The topological polar surface area (TPSA) is 25.8 Å². The molecule has 0 aliphatic rings. The van der Waals surface area contributed by atoms with E-state index >= 15 is 0 Å². The fraction of sp³-hybridized carbons (Fsp3) is 0. The van der Waals surface area contributed by atoms with Gasteiger partial charge in [0.15, 0.2) is 5.82 Å². The van der Waals surface area contributed by atoms with E-state index in [0.717, 1.165) is 6.07 Å². The Balaban J connectivity index is 2.29. The summed E-state index contributed by atoms with van der Waals surface area (Å²) in [5, 5.41) is 0.339. The number of benzene rings is 2. The number of nitrogens with zero attached hydrogens (tertiary/aromatic N) is 2. The summed E-state index contributed by atoms with van der Waals surface area (Å²) in [6, 6.07) is 7.22. The quantitative estimate of drug-likeness (QED) is 0.623. The highest BCUT2D eigenvalue weighted by Crippen LogP contribution is 2.27. The van der Waals surface area contributed by atoms with Gasteiger partial charge in [-0.15, -0.1) is 0 Å². The van der Waals surface area contributed by atoms with Gasteiger partial charge in [-0.05, 0) is 24.3 Å². The first-order chi connectivity index (χ1) is 9.56. The van der Waals surface area contributed by atoms with Gasteiger partial charge in [0.2, 0.25) is 0 Å². The van der Waals surface area contributed by atoms with Crippen LogP contribution in [0.25, 0.3) is 22.3 Å². The number of aromatic nitrogens is 2. The third kappa shape index (κ3) is 2.10. The molecule has 0 saturated carbocycles. The average Bonchev–Trinajstić information content (AvgIpc) is 2.40. The Hall–Kier alpha value is -2.14. The van der Waals surface area contributed by atoms with Crippen LogP contribution in [0.2, 0.25) is 5.15 Å². The Labute approximate surface area is 116 Å². The minimum Gasteiger partial charge on any atom is -0.225 e. The van der Waals surface area contributed by atoms with Crippen molar-refractivity contribution in [2.24, 2.45) is 0 Å². The first-order valence-corrected chi connectivity index (χ1v) is 6.01. The van der Waals surface area contributed by atoms with E-state index in [1.807, 2.05) is 0 Å². The third-order valence-corrected chi connectivity index (χ3v) is 3.09. The molecular weight excluding hydrogens is 289 g/mol.